The number of anilines is 2. The Bertz CT molecular complexity index is 1550. The standard InChI is InChI=1S/C29H29Cl2N7O4/c1-32-27(39)35-22-13-10-20(30)15-19(22)16-33-28(40)36-23(14-17-6-4-3-5-7-17)26-37-24(25(31)38-26)18-8-11-21(12-9-18)34-29(41)42-2/h3-13,15,23H,14,16H2,1-2H3,(H,34,41)(H,37,38)(H2,32,35,39)(H2,33,36,40)/t23-/m0/s1. The number of rotatable bonds is 9. The summed E-state index contributed by atoms with van der Waals surface area (Å²) in [6.07, 6.45) is -0.148. The molecule has 42 heavy (non-hydrogen) atoms. The van der Waals surface area contributed by atoms with Gasteiger partial charge in [0, 0.05) is 35.6 Å². The van der Waals surface area contributed by atoms with Crippen LogP contribution in [0.3, 0.4) is 0 Å². The van der Waals surface area contributed by atoms with Gasteiger partial charge in [0.05, 0.1) is 13.2 Å². The lowest BCUT2D eigenvalue weighted by Gasteiger charge is -2.18. The molecule has 218 valence electrons. The highest BCUT2D eigenvalue weighted by molar-refractivity contribution is 6.32. The van der Waals surface area contributed by atoms with Gasteiger partial charge in [-0.15, -0.1) is 0 Å². The predicted octanol–water partition coefficient (Wildman–Crippen LogP) is 6.10. The number of H-pyrrole nitrogens is 1. The van der Waals surface area contributed by atoms with Crippen LogP contribution in [0, 0.1) is 0 Å². The molecule has 4 rings (SSSR count). The third-order valence-corrected chi connectivity index (χ3v) is 6.68. The van der Waals surface area contributed by atoms with E-state index in [9.17, 15) is 14.4 Å². The van der Waals surface area contributed by atoms with E-state index in [1.165, 1.54) is 14.2 Å². The van der Waals surface area contributed by atoms with Crippen molar-refractivity contribution in [3.05, 3.63) is 99.9 Å². The number of nitrogens with one attached hydrogen (secondary N) is 6. The number of carbonyl (C=O) groups is 3. The molecule has 0 saturated carbocycles. The third-order valence-electron chi connectivity index (χ3n) is 6.17. The number of aromatic amines is 1. The first-order valence-corrected chi connectivity index (χ1v) is 13.6. The molecule has 13 heteroatoms. The molecule has 0 aliphatic heterocycles. The van der Waals surface area contributed by atoms with Gasteiger partial charge in [-0.3, -0.25) is 5.32 Å². The zero-order valence-corrected chi connectivity index (χ0v) is 24.3. The summed E-state index contributed by atoms with van der Waals surface area (Å²) >= 11 is 12.7. The molecule has 4 aromatic rings. The second kappa shape index (κ2) is 14.2. The summed E-state index contributed by atoms with van der Waals surface area (Å²) in [5.74, 6) is 0.454. The largest absolute Gasteiger partial charge is 0.453 e. The van der Waals surface area contributed by atoms with Gasteiger partial charge in [0.25, 0.3) is 0 Å². The Labute approximate surface area is 252 Å². The minimum atomic E-state index is -0.578. The molecule has 1 aromatic heterocycles. The van der Waals surface area contributed by atoms with Crippen LogP contribution in [-0.4, -0.2) is 42.3 Å². The molecule has 0 spiro atoms. The average molecular weight is 611 g/mol. The maximum absolute atomic E-state index is 13.1. The summed E-state index contributed by atoms with van der Waals surface area (Å²) in [5, 5.41) is 14.3. The SMILES string of the molecule is CNC(=O)Nc1ccc(Cl)cc1CNC(=O)N[C@@H](Cc1ccccc1)c1nc(-c2ccc(NC(=O)OC)cc2)c(Cl)[nH]1. The minimum Gasteiger partial charge on any atom is -0.453 e. The number of halogens is 2. The maximum atomic E-state index is 13.1. The topological polar surface area (TPSA) is 149 Å². The van der Waals surface area contributed by atoms with E-state index < -0.39 is 24.2 Å². The van der Waals surface area contributed by atoms with Crippen molar-refractivity contribution in [2.45, 2.75) is 19.0 Å². The fourth-order valence-corrected chi connectivity index (χ4v) is 4.51. The molecule has 0 radical (unpaired) electrons. The number of amides is 5. The van der Waals surface area contributed by atoms with Crippen molar-refractivity contribution in [1.29, 1.82) is 0 Å². The minimum absolute atomic E-state index is 0.0971. The van der Waals surface area contributed by atoms with Crippen molar-refractivity contribution in [2.24, 2.45) is 0 Å². The molecule has 5 amide bonds. The van der Waals surface area contributed by atoms with Crippen molar-refractivity contribution >= 4 is 52.7 Å². The van der Waals surface area contributed by atoms with Gasteiger partial charge in [0.1, 0.15) is 16.7 Å². The highest BCUT2D eigenvalue weighted by Crippen LogP contribution is 2.29. The highest BCUT2D eigenvalue weighted by Gasteiger charge is 2.22. The second-order valence-corrected chi connectivity index (χ2v) is 9.87. The van der Waals surface area contributed by atoms with E-state index in [2.05, 4.69) is 36.3 Å². The number of ether oxygens (including phenoxy) is 1. The summed E-state index contributed by atoms with van der Waals surface area (Å²) < 4.78 is 4.62. The van der Waals surface area contributed by atoms with Crippen molar-refractivity contribution < 1.29 is 19.1 Å². The molecule has 0 unspecified atom stereocenters. The van der Waals surface area contributed by atoms with Gasteiger partial charge in [-0.05, 0) is 47.9 Å². The van der Waals surface area contributed by atoms with Crippen LogP contribution in [0.25, 0.3) is 11.3 Å². The molecule has 0 saturated heterocycles. The number of imidazole rings is 1. The zero-order valence-electron chi connectivity index (χ0n) is 22.8. The Morgan fingerprint density at radius 1 is 0.952 bits per heavy atom. The van der Waals surface area contributed by atoms with Crippen molar-refractivity contribution in [2.75, 3.05) is 24.8 Å². The average Bonchev–Trinajstić information content (AvgIpc) is 3.39. The third kappa shape index (κ3) is 8.15. The van der Waals surface area contributed by atoms with Crippen LogP contribution >= 0.6 is 23.2 Å². The fourth-order valence-electron chi connectivity index (χ4n) is 4.07. The summed E-state index contributed by atoms with van der Waals surface area (Å²) in [6, 6.07) is 20.1. The Morgan fingerprint density at radius 3 is 2.38 bits per heavy atom. The summed E-state index contributed by atoms with van der Waals surface area (Å²) in [7, 11) is 2.79. The van der Waals surface area contributed by atoms with Gasteiger partial charge in [-0.2, -0.15) is 0 Å². The molecule has 6 N–H and O–H groups in total. The van der Waals surface area contributed by atoms with E-state index in [4.69, 9.17) is 28.2 Å². The number of hydrogen-bond acceptors (Lipinski definition) is 5. The van der Waals surface area contributed by atoms with Gasteiger partial charge < -0.3 is 31.0 Å². The number of aromatic nitrogens is 2. The highest BCUT2D eigenvalue weighted by atomic mass is 35.5. The summed E-state index contributed by atoms with van der Waals surface area (Å²) in [4.78, 5) is 44.2. The first kappa shape index (κ1) is 30.2. The molecule has 3 aromatic carbocycles. The monoisotopic (exact) mass is 609 g/mol. The van der Waals surface area contributed by atoms with Gasteiger partial charge in [0.15, 0.2) is 0 Å². The van der Waals surface area contributed by atoms with Crippen molar-refractivity contribution in [1.82, 2.24) is 25.9 Å². The van der Waals surface area contributed by atoms with Crippen molar-refractivity contribution in [3.63, 3.8) is 0 Å². The molecular weight excluding hydrogens is 581 g/mol. The first-order valence-electron chi connectivity index (χ1n) is 12.8. The number of nitrogens with zero attached hydrogens (tertiary/aromatic N) is 1. The normalized spacial score (nSPS) is 11.2. The molecule has 0 fully saturated rings. The van der Waals surface area contributed by atoms with Crippen LogP contribution in [0.2, 0.25) is 10.2 Å². The number of hydrogen-bond donors (Lipinski definition) is 6. The van der Waals surface area contributed by atoms with Crippen LogP contribution in [0.4, 0.5) is 25.8 Å². The Balaban J connectivity index is 1.52. The van der Waals surface area contributed by atoms with E-state index in [0.29, 0.717) is 50.6 Å². The van der Waals surface area contributed by atoms with Gasteiger partial charge >= 0.3 is 18.2 Å². The van der Waals surface area contributed by atoms with Gasteiger partial charge in [-0.25, -0.2) is 19.4 Å². The second-order valence-electron chi connectivity index (χ2n) is 9.05. The van der Waals surface area contributed by atoms with E-state index >= 15 is 0 Å². The van der Waals surface area contributed by atoms with Crippen molar-refractivity contribution in [3.8, 4) is 11.3 Å². The number of benzene rings is 3. The Morgan fingerprint density at radius 2 is 1.69 bits per heavy atom. The number of methoxy groups -OCH3 is 1. The Hall–Kier alpha value is -4.74. The molecule has 0 aliphatic carbocycles. The van der Waals surface area contributed by atoms with Crippen LogP contribution in [0.1, 0.15) is 23.0 Å². The lowest BCUT2D eigenvalue weighted by atomic mass is 10.1. The fraction of sp³-hybridized carbons (Fsp3) is 0.172. The maximum Gasteiger partial charge on any atom is 0.411 e. The van der Waals surface area contributed by atoms with Crippen LogP contribution < -0.4 is 26.6 Å². The molecule has 1 atom stereocenters. The van der Waals surface area contributed by atoms with E-state index in [1.807, 2.05) is 30.3 Å². The summed E-state index contributed by atoms with van der Waals surface area (Å²) in [5.41, 5.74) is 3.84. The summed E-state index contributed by atoms with van der Waals surface area (Å²) in [6.45, 7) is 0.0971. The molecule has 0 bridgehead atoms. The lowest BCUT2D eigenvalue weighted by molar-refractivity contribution is 0.187. The molecule has 1 heterocycles. The Kier molecular flexibility index (Phi) is 10.2. The van der Waals surface area contributed by atoms with Gasteiger partial charge in [0.2, 0.25) is 0 Å². The predicted molar refractivity (Wildman–Crippen MR) is 163 cm³/mol. The first-order chi connectivity index (χ1) is 20.2. The van der Waals surface area contributed by atoms with Crippen LogP contribution in [0.5, 0.6) is 0 Å². The van der Waals surface area contributed by atoms with Gasteiger partial charge in [-0.1, -0.05) is 65.7 Å². The lowest BCUT2D eigenvalue weighted by Crippen LogP contribution is -2.39. The van der Waals surface area contributed by atoms with E-state index in [0.717, 1.165) is 5.56 Å². The smallest absolute Gasteiger partial charge is 0.411 e. The molecular formula is C29H29Cl2N7O4. The number of carbonyl (C=O) groups excluding carboxylic acids is 3. The van der Waals surface area contributed by atoms with E-state index in [1.54, 1.807) is 42.5 Å². The molecule has 0 aliphatic rings. The zero-order chi connectivity index (χ0) is 30.1. The molecule has 11 nitrogen and oxygen atoms in total. The quantitative estimate of drug-likeness (QED) is 0.136. The van der Waals surface area contributed by atoms with Crippen LogP contribution in [0.15, 0.2) is 72.8 Å². The van der Waals surface area contributed by atoms with E-state index in [-0.39, 0.29) is 6.54 Å². The number of urea groups is 2. The van der Waals surface area contributed by atoms with Crippen LogP contribution in [-0.2, 0) is 17.7 Å².